The Labute approximate surface area is 214 Å². The minimum absolute atomic E-state index is 0.0471. The van der Waals surface area contributed by atoms with Gasteiger partial charge in [0.25, 0.3) is 5.91 Å². The van der Waals surface area contributed by atoms with Gasteiger partial charge in [-0.05, 0) is 49.6 Å². The molecule has 1 amide bonds. The van der Waals surface area contributed by atoms with E-state index in [4.69, 9.17) is 15.9 Å². The van der Waals surface area contributed by atoms with Crippen LogP contribution in [0.2, 0.25) is 0 Å². The molecule has 3 aromatic rings. The van der Waals surface area contributed by atoms with E-state index in [0.717, 1.165) is 12.5 Å². The molecule has 0 saturated heterocycles. The number of hydrogen-bond acceptors (Lipinski definition) is 8. The van der Waals surface area contributed by atoms with Gasteiger partial charge in [0.1, 0.15) is 29.5 Å². The number of carbonyl (C=O) groups is 1. The first-order valence-electron chi connectivity index (χ1n) is 11.5. The number of nitrogens with one attached hydrogen (secondary N) is 3. The van der Waals surface area contributed by atoms with E-state index in [-0.39, 0.29) is 40.6 Å². The number of nitrogen functional groups attached to an aromatic ring is 1. The van der Waals surface area contributed by atoms with Crippen LogP contribution in [0.25, 0.3) is 0 Å². The van der Waals surface area contributed by atoms with Crippen LogP contribution in [0.4, 0.5) is 34.9 Å². The van der Waals surface area contributed by atoms with Crippen molar-refractivity contribution in [2.24, 2.45) is 0 Å². The van der Waals surface area contributed by atoms with Crippen LogP contribution in [0, 0.1) is 11.2 Å². The van der Waals surface area contributed by atoms with Crippen LogP contribution in [-0.4, -0.2) is 45.9 Å². The number of alkyl halides is 3. The maximum Gasteiger partial charge on any atom is 0.416 e. The first-order chi connectivity index (χ1) is 18.0. The van der Waals surface area contributed by atoms with Gasteiger partial charge in [-0.25, -0.2) is 14.4 Å². The molecule has 1 heterocycles. The Bertz CT molecular complexity index is 1380. The number of amides is 1. The second-order valence-corrected chi connectivity index (χ2v) is 8.73. The summed E-state index contributed by atoms with van der Waals surface area (Å²) in [4.78, 5) is 20.8. The van der Waals surface area contributed by atoms with Crippen molar-refractivity contribution >= 4 is 28.9 Å². The molecule has 9 nitrogen and oxygen atoms in total. The molecule has 0 bridgehead atoms. The van der Waals surface area contributed by atoms with Crippen LogP contribution in [0.15, 0.2) is 42.7 Å². The Morgan fingerprint density at radius 3 is 2.58 bits per heavy atom. The number of carbonyl (C=O) groups excluding carboxylic acids is 1. The van der Waals surface area contributed by atoms with Crippen molar-refractivity contribution in [2.75, 3.05) is 23.5 Å². The molecule has 1 aromatic heterocycles. The zero-order valence-electron chi connectivity index (χ0n) is 20.1. The van der Waals surface area contributed by atoms with Crippen LogP contribution in [0.5, 0.6) is 5.75 Å². The van der Waals surface area contributed by atoms with Crippen molar-refractivity contribution in [2.45, 2.75) is 37.6 Å². The lowest BCUT2D eigenvalue weighted by Gasteiger charge is -2.18. The van der Waals surface area contributed by atoms with Gasteiger partial charge in [0, 0.05) is 11.6 Å². The smallest absolute Gasteiger partial charge is 0.416 e. The summed E-state index contributed by atoms with van der Waals surface area (Å²) in [5.74, 6) is -1.82. The van der Waals surface area contributed by atoms with E-state index in [1.54, 1.807) is 0 Å². The summed E-state index contributed by atoms with van der Waals surface area (Å²) in [5, 5.41) is 24.2. The summed E-state index contributed by atoms with van der Waals surface area (Å²) in [6.07, 6.45) is -2.01. The molecule has 1 fully saturated rings. The first-order valence-corrected chi connectivity index (χ1v) is 11.5. The van der Waals surface area contributed by atoms with Gasteiger partial charge >= 0.3 is 6.18 Å². The third-order valence-electron chi connectivity index (χ3n) is 6.15. The van der Waals surface area contributed by atoms with Crippen LogP contribution < -0.4 is 21.1 Å². The molecule has 1 aliphatic carbocycles. The molecule has 1 aliphatic rings. The number of aliphatic hydroxyl groups is 1. The van der Waals surface area contributed by atoms with E-state index >= 15 is 0 Å². The van der Waals surface area contributed by atoms with Crippen molar-refractivity contribution in [3.8, 4) is 5.75 Å². The van der Waals surface area contributed by atoms with Crippen molar-refractivity contribution in [1.82, 2.24) is 9.97 Å². The van der Waals surface area contributed by atoms with E-state index in [1.807, 2.05) is 0 Å². The van der Waals surface area contributed by atoms with E-state index < -0.39 is 35.1 Å². The predicted molar refractivity (Wildman–Crippen MR) is 132 cm³/mol. The average molecular weight is 532 g/mol. The molecule has 2 aromatic carbocycles. The summed E-state index contributed by atoms with van der Waals surface area (Å²) in [7, 11) is 1.31. The van der Waals surface area contributed by atoms with Crippen LogP contribution in [0.3, 0.4) is 0 Å². The zero-order valence-corrected chi connectivity index (χ0v) is 20.1. The molecule has 6 N–H and O–H groups in total. The SMILES string of the molecule is COc1cc(C(=N)c2c(N)ncnc2NC2CCC(O)C2)ccc1NC(=O)c1ccc(C(F)(F)F)cc1F. The number of halogens is 4. The third kappa shape index (κ3) is 5.67. The topological polar surface area (TPSA) is 146 Å². The Balaban J connectivity index is 1.58. The highest BCUT2D eigenvalue weighted by Gasteiger charge is 2.32. The van der Waals surface area contributed by atoms with Crippen LogP contribution in [-0.2, 0) is 6.18 Å². The minimum atomic E-state index is -4.75. The molecule has 2 unspecified atom stereocenters. The third-order valence-corrected chi connectivity index (χ3v) is 6.15. The Morgan fingerprint density at radius 1 is 1.18 bits per heavy atom. The van der Waals surface area contributed by atoms with Crippen molar-refractivity contribution in [3.63, 3.8) is 0 Å². The Morgan fingerprint density at radius 2 is 1.95 bits per heavy atom. The highest BCUT2D eigenvalue weighted by Crippen LogP contribution is 2.32. The van der Waals surface area contributed by atoms with E-state index in [0.29, 0.717) is 30.3 Å². The second-order valence-electron chi connectivity index (χ2n) is 8.73. The van der Waals surface area contributed by atoms with Gasteiger partial charge in [0.15, 0.2) is 0 Å². The van der Waals surface area contributed by atoms with Crippen molar-refractivity contribution < 1.29 is 32.2 Å². The molecule has 0 aliphatic heterocycles. The average Bonchev–Trinajstić information content (AvgIpc) is 3.27. The monoisotopic (exact) mass is 532 g/mol. The summed E-state index contributed by atoms with van der Waals surface area (Å²) >= 11 is 0. The number of hydrogen-bond donors (Lipinski definition) is 5. The number of methoxy groups -OCH3 is 1. The van der Waals surface area contributed by atoms with Crippen molar-refractivity contribution in [3.05, 3.63) is 70.8 Å². The number of rotatable bonds is 7. The summed E-state index contributed by atoms with van der Waals surface area (Å²) in [6.45, 7) is 0. The number of nitrogens with two attached hydrogens (primary N) is 1. The van der Waals surface area contributed by atoms with Gasteiger partial charge in [-0.3, -0.25) is 10.2 Å². The number of nitrogens with zero attached hydrogens (tertiary/aromatic N) is 2. The largest absolute Gasteiger partial charge is 0.495 e. The maximum absolute atomic E-state index is 14.3. The van der Waals surface area contributed by atoms with E-state index in [1.165, 1.54) is 31.6 Å². The molecule has 4 rings (SSSR count). The number of aromatic nitrogens is 2. The quantitative estimate of drug-likeness (QED) is 0.226. The fraction of sp³-hybridized carbons (Fsp3) is 0.280. The highest BCUT2D eigenvalue weighted by molar-refractivity contribution is 6.16. The number of ether oxygens (including phenoxy) is 1. The molecule has 38 heavy (non-hydrogen) atoms. The predicted octanol–water partition coefficient (Wildman–Crippen LogP) is 4.22. The molecular weight excluding hydrogens is 508 g/mol. The zero-order chi connectivity index (χ0) is 27.6. The Hall–Kier alpha value is -4.26. The van der Waals surface area contributed by atoms with Gasteiger partial charge in [0.05, 0.1) is 41.3 Å². The molecule has 0 radical (unpaired) electrons. The van der Waals surface area contributed by atoms with Gasteiger partial charge < -0.3 is 26.2 Å². The van der Waals surface area contributed by atoms with E-state index in [9.17, 15) is 27.5 Å². The first kappa shape index (κ1) is 26.8. The summed E-state index contributed by atoms with van der Waals surface area (Å²) in [5.41, 5.74) is 4.89. The Kier molecular flexibility index (Phi) is 7.49. The lowest BCUT2D eigenvalue weighted by molar-refractivity contribution is -0.137. The minimum Gasteiger partial charge on any atom is -0.495 e. The maximum atomic E-state index is 14.3. The molecule has 2 atom stereocenters. The molecule has 13 heteroatoms. The lowest BCUT2D eigenvalue weighted by Crippen LogP contribution is -2.21. The number of anilines is 3. The highest BCUT2D eigenvalue weighted by atomic mass is 19.4. The fourth-order valence-corrected chi connectivity index (χ4v) is 4.20. The van der Waals surface area contributed by atoms with Gasteiger partial charge in [-0.1, -0.05) is 6.07 Å². The standard InChI is InChI=1S/C25H24F4N6O3/c1-38-19-8-12(21(30)20-22(31)32-11-33-23(20)34-14-4-5-15(36)10-14)2-7-18(19)35-24(37)16-6-3-13(9-17(16)26)25(27,28)29/h2-3,6-9,11,14-15,30,36H,4-5,10H2,1H3,(H,35,37)(H3,31,32,33,34). The molecule has 200 valence electrons. The fourth-order valence-electron chi connectivity index (χ4n) is 4.20. The van der Waals surface area contributed by atoms with E-state index in [2.05, 4.69) is 20.6 Å². The lowest BCUT2D eigenvalue weighted by atomic mass is 10.0. The molecule has 0 spiro atoms. The van der Waals surface area contributed by atoms with Gasteiger partial charge in [-0.15, -0.1) is 0 Å². The van der Waals surface area contributed by atoms with Gasteiger partial charge in [0.2, 0.25) is 0 Å². The normalized spacial score (nSPS) is 17.2. The van der Waals surface area contributed by atoms with Gasteiger partial charge in [-0.2, -0.15) is 13.2 Å². The molecule has 1 saturated carbocycles. The summed E-state index contributed by atoms with van der Waals surface area (Å²) in [6, 6.07) is 5.90. The van der Waals surface area contributed by atoms with Crippen LogP contribution in [0.1, 0.15) is 46.3 Å². The summed E-state index contributed by atoms with van der Waals surface area (Å²) < 4.78 is 58.0. The number of aliphatic hydroxyl groups excluding tert-OH is 1. The number of benzene rings is 2. The van der Waals surface area contributed by atoms with Crippen LogP contribution >= 0.6 is 0 Å². The molecular formula is C25H24F4N6O3. The van der Waals surface area contributed by atoms with Crippen molar-refractivity contribution in [1.29, 1.82) is 5.41 Å². The second kappa shape index (κ2) is 10.6.